The summed E-state index contributed by atoms with van der Waals surface area (Å²) in [6.07, 6.45) is 4.71. The van der Waals surface area contributed by atoms with E-state index >= 15 is 0 Å². The van der Waals surface area contributed by atoms with Gasteiger partial charge in [-0.3, -0.25) is 0 Å². The number of methoxy groups -OCH3 is 2. The number of hydrogen-bond donors (Lipinski definition) is 1. The van der Waals surface area contributed by atoms with Gasteiger partial charge in [-0.25, -0.2) is 0 Å². The van der Waals surface area contributed by atoms with Crippen LogP contribution in [0.5, 0.6) is 11.5 Å². The monoisotopic (exact) mass is 235 g/mol. The maximum atomic E-state index is 5.75. The zero-order chi connectivity index (χ0) is 12.3. The highest BCUT2D eigenvalue weighted by Crippen LogP contribution is 2.50. The normalized spacial score (nSPS) is 17.4. The first kappa shape index (κ1) is 12.2. The maximum absolute atomic E-state index is 5.75. The summed E-state index contributed by atoms with van der Waals surface area (Å²) >= 11 is 0. The Kier molecular flexibility index (Phi) is 3.57. The summed E-state index contributed by atoms with van der Waals surface area (Å²) in [5, 5.41) is 0. The predicted molar refractivity (Wildman–Crippen MR) is 68.7 cm³/mol. The standard InChI is InChI=1S/C14H21NO2/c1-16-11-4-5-13(17-2)12(10-11)14(8-9-15)6-3-7-14/h4-5,10H,3,6-9,15H2,1-2H3. The van der Waals surface area contributed by atoms with Gasteiger partial charge < -0.3 is 15.2 Å². The van der Waals surface area contributed by atoms with Crippen molar-refractivity contribution in [3.05, 3.63) is 23.8 Å². The second-order valence-corrected chi connectivity index (χ2v) is 4.74. The van der Waals surface area contributed by atoms with E-state index in [4.69, 9.17) is 15.2 Å². The Bertz CT molecular complexity index is 386. The molecule has 0 atom stereocenters. The summed E-state index contributed by atoms with van der Waals surface area (Å²) in [5.74, 6) is 1.85. The molecule has 2 rings (SSSR count). The molecule has 1 aromatic carbocycles. The average Bonchev–Trinajstić information content (AvgIpc) is 2.33. The molecule has 0 aliphatic heterocycles. The van der Waals surface area contributed by atoms with Crippen LogP contribution in [-0.4, -0.2) is 20.8 Å². The Hall–Kier alpha value is -1.22. The first-order valence-electron chi connectivity index (χ1n) is 6.18. The van der Waals surface area contributed by atoms with Gasteiger partial charge in [0.15, 0.2) is 0 Å². The molecule has 94 valence electrons. The molecule has 0 aromatic heterocycles. The van der Waals surface area contributed by atoms with Crippen molar-refractivity contribution in [3.63, 3.8) is 0 Å². The molecule has 0 unspecified atom stereocenters. The van der Waals surface area contributed by atoms with E-state index in [1.165, 1.54) is 24.8 Å². The zero-order valence-electron chi connectivity index (χ0n) is 10.7. The summed E-state index contributed by atoms with van der Waals surface area (Å²) in [6, 6.07) is 6.04. The number of ether oxygens (including phenoxy) is 2. The summed E-state index contributed by atoms with van der Waals surface area (Å²) in [6.45, 7) is 0.723. The Morgan fingerprint density at radius 1 is 1.24 bits per heavy atom. The molecule has 0 saturated heterocycles. The maximum Gasteiger partial charge on any atom is 0.122 e. The lowest BCUT2D eigenvalue weighted by Crippen LogP contribution is -2.36. The molecule has 1 aliphatic carbocycles. The summed E-state index contributed by atoms with van der Waals surface area (Å²) < 4.78 is 10.8. The smallest absolute Gasteiger partial charge is 0.122 e. The van der Waals surface area contributed by atoms with Crippen LogP contribution in [0, 0.1) is 0 Å². The highest BCUT2D eigenvalue weighted by molar-refractivity contribution is 5.46. The van der Waals surface area contributed by atoms with Crippen molar-refractivity contribution in [2.24, 2.45) is 5.73 Å². The van der Waals surface area contributed by atoms with Gasteiger partial charge in [-0.15, -0.1) is 0 Å². The molecule has 0 amide bonds. The molecule has 3 heteroatoms. The largest absolute Gasteiger partial charge is 0.497 e. The van der Waals surface area contributed by atoms with Gasteiger partial charge in [0, 0.05) is 11.0 Å². The van der Waals surface area contributed by atoms with Crippen molar-refractivity contribution in [3.8, 4) is 11.5 Å². The lowest BCUT2D eigenvalue weighted by Gasteiger charge is -2.43. The Morgan fingerprint density at radius 2 is 2.00 bits per heavy atom. The molecule has 0 heterocycles. The summed E-state index contributed by atoms with van der Waals surface area (Å²) in [4.78, 5) is 0. The molecule has 3 nitrogen and oxygen atoms in total. The van der Waals surface area contributed by atoms with Gasteiger partial charge in [-0.1, -0.05) is 6.42 Å². The fraction of sp³-hybridized carbons (Fsp3) is 0.571. The Labute approximate surface area is 103 Å². The second kappa shape index (κ2) is 4.96. The predicted octanol–water partition coefficient (Wildman–Crippen LogP) is 2.47. The topological polar surface area (TPSA) is 44.5 Å². The van der Waals surface area contributed by atoms with Crippen molar-refractivity contribution >= 4 is 0 Å². The minimum absolute atomic E-state index is 0.217. The molecule has 1 aliphatic rings. The first-order chi connectivity index (χ1) is 8.25. The lowest BCUT2D eigenvalue weighted by atomic mass is 9.62. The zero-order valence-corrected chi connectivity index (χ0v) is 10.7. The van der Waals surface area contributed by atoms with Crippen LogP contribution >= 0.6 is 0 Å². The Morgan fingerprint density at radius 3 is 2.47 bits per heavy atom. The molecule has 2 N–H and O–H groups in total. The van der Waals surface area contributed by atoms with E-state index < -0.39 is 0 Å². The summed E-state index contributed by atoms with van der Waals surface area (Å²) in [5.41, 5.74) is 7.23. The van der Waals surface area contributed by atoms with Gasteiger partial charge in [0.25, 0.3) is 0 Å². The third kappa shape index (κ3) is 2.12. The van der Waals surface area contributed by atoms with Crippen LogP contribution in [0.4, 0.5) is 0 Å². The summed E-state index contributed by atoms with van der Waals surface area (Å²) in [7, 11) is 3.42. The molecule has 0 bridgehead atoms. The second-order valence-electron chi connectivity index (χ2n) is 4.74. The molecule has 0 radical (unpaired) electrons. The van der Waals surface area contributed by atoms with Crippen molar-refractivity contribution in [2.75, 3.05) is 20.8 Å². The minimum atomic E-state index is 0.217. The van der Waals surface area contributed by atoms with Crippen molar-refractivity contribution in [2.45, 2.75) is 31.1 Å². The van der Waals surface area contributed by atoms with Gasteiger partial charge in [0.1, 0.15) is 11.5 Å². The number of rotatable bonds is 5. The van der Waals surface area contributed by atoms with E-state index in [0.717, 1.165) is 24.5 Å². The number of benzene rings is 1. The Balaban J connectivity index is 2.40. The molecule has 1 aromatic rings. The third-order valence-electron chi connectivity index (χ3n) is 3.91. The molecule has 0 spiro atoms. The fourth-order valence-corrected chi connectivity index (χ4v) is 2.76. The average molecular weight is 235 g/mol. The molecule has 17 heavy (non-hydrogen) atoms. The number of hydrogen-bond acceptors (Lipinski definition) is 3. The third-order valence-corrected chi connectivity index (χ3v) is 3.91. The quantitative estimate of drug-likeness (QED) is 0.852. The van der Waals surface area contributed by atoms with Crippen LogP contribution in [0.1, 0.15) is 31.2 Å². The molecular formula is C14H21NO2. The highest BCUT2D eigenvalue weighted by atomic mass is 16.5. The van der Waals surface area contributed by atoms with Gasteiger partial charge in [-0.05, 0) is 44.0 Å². The van der Waals surface area contributed by atoms with Crippen molar-refractivity contribution < 1.29 is 9.47 Å². The van der Waals surface area contributed by atoms with Crippen molar-refractivity contribution in [1.29, 1.82) is 0 Å². The van der Waals surface area contributed by atoms with E-state index in [1.807, 2.05) is 12.1 Å². The van der Waals surface area contributed by atoms with Gasteiger partial charge in [0.05, 0.1) is 14.2 Å². The van der Waals surface area contributed by atoms with E-state index in [9.17, 15) is 0 Å². The van der Waals surface area contributed by atoms with Crippen LogP contribution in [0.3, 0.4) is 0 Å². The van der Waals surface area contributed by atoms with Crippen LogP contribution in [-0.2, 0) is 5.41 Å². The van der Waals surface area contributed by atoms with Crippen LogP contribution in [0.15, 0.2) is 18.2 Å². The van der Waals surface area contributed by atoms with E-state index in [-0.39, 0.29) is 5.41 Å². The minimum Gasteiger partial charge on any atom is -0.497 e. The molecule has 1 saturated carbocycles. The van der Waals surface area contributed by atoms with E-state index in [2.05, 4.69) is 6.07 Å². The number of nitrogens with two attached hydrogens (primary N) is 1. The lowest BCUT2D eigenvalue weighted by molar-refractivity contribution is 0.220. The van der Waals surface area contributed by atoms with Gasteiger partial charge >= 0.3 is 0 Å². The molecular weight excluding hydrogens is 214 g/mol. The highest BCUT2D eigenvalue weighted by Gasteiger charge is 2.40. The first-order valence-corrected chi connectivity index (χ1v) is 6.18. The van der Waals surface area contributed by atoms with E-state index in [0.29, 0.717) is 0 Å². The van der Waals surface area contributed by atoms with Gasteiger partial charge in [0.2, 0.25) is 0 Å². The van der Waals surface area contributed by atoms with Crippen LogP contribution < -0.4 is 15.2 Å². The fourth-order valence-electron chi connectivity index (χ4n) is 2.76. The SMILES string of the molecule is COc1ccc(OC)c(C2(CCN)CCC2)c1. The molecule has 1 fully saturated rings. The van der Waals surface area contributed by atoms with Gasteiger partial charge in [-0.2, -0.15) is 0 Å². The van der Waals surface area contributed by atoms with E-state index in [1.54, 1.807) is 14.2 Å². The van der Waals surface area contributed by atoms with Crippen molar-refractivity contribution in [1.82, 2.24) is 0 Å². The van der Waals surface area contributed by atoms with Crippen LogP contribution in [0.25, 0.3) is 0 Å². The van der Waals surface area contributed by atoms with Crippen LogP contribution in [0.2, 0.25) is 0 Å².